The normalized spacial score (nSPS) is 16.4. The van der Waals surface area contributed by atoms with E-state index in [2.05, 4.69) is 0 Å². The van der Waals surface area contributed by atoms with Crippen LogP contribution in [0.2, 0.25) is 0 Å². The van der Waals surface area contributed by atoms with Crippen LogP contribution in [0.1, 0.15) is 50.8 Å². The Labute approximate surface area is 393 Å². The van der Waals surface area contributed by atoms with E-state index in [1.54, 1.807) is 108 Å². The molecule has 7 aromatic rings. The number of anilines is 5. The van der Waals surface area contributed by atoms with Gasteiger partial charge in [0.15, 0.2) is 17.1 Å². The monoisotopic (exact) mass is 902 g/mol. The molecule has 0 unspecified atom stereocenters. The number of ether oxygens (including phenoxy) is 2. The van der Waals surface area contributed by atoms with Gasteiger partial charge in [0.05, 0.1) is 41.3 Å². The molecular weight excluding hydrogens is 857 g/mol. The van der Waals surface area contributed by atoms with E-state index in [9.17, 15) is 24.6 Å². The lowest BCUT2D eigenvalue weighted by atomic mass is 9.82. The van der Waals surface area contributed by atoms with E-state index in [1.165, 1.54) is 9.80 Å². The zero-order valence-electron chi connectivity index (χ0n) is 37.1. The van der Waals surface area contributed by atoms with Crippen molar-refractivity contribution in [2.75, 3.05) is 27.9 Å². The first kappa shape index (κ1) is 43.6. The molecule has 0 radical (unpaired) electrons. The van der Waals surface area contributed by atoms with Crippen LogP contribution in [0.3, 0.4) is 0 Å². The molecule has 0 fully saturated rings. The summed E-state index contributed by atoms with van der Waals surface area (Å²) in [7, 11) is 0. The van der Waals surface area contributed by atoms with Crippen LogP contribution in [-0.4, -0.2) is 51.9 Å². The average Bonchev–Trinajstić information content (AvgIpc) is 3.44. The van der Waals surface area contributed by atoms with Crippen LogP contribution in [0.5, 0.6) is 23.0 Å². The number of carbonyl (C=O) groups excluding carboxylic acids is 4. The lowest BCUT2D eigenvalue weighted by molar-refractivity contribution is -0.139. The van der Waals surface area contributed by atoms with Crippen molar-refractivity contribution in [1.29, 1.82) is 0 Å². The van der Waals surface area contributed by atoms with Crippen LogP contribution in [0, 0.1) is 5.92 Å². The summed E-state index contributed by atoms with van der Waals surface area (Å²) < 4.78 is 12.5. The molecule has 0 aromatic heterocycles. The van der Waals surface area contributed by atoms with E-state index < -0.39 is 17.4 Å². The number of hydrogen-bond acceptors (Lipinski definition) is 8. The number of para-hydroxylation sites is 6. The second-order valence-corrected chi connectivity index (χ2v) is 16.9. The molecule has 0 saturated heterocycles. The molecule has 338 valence electrons. The van der Waals surface area contributed by atoms with Gasteiger partial charge in [-0.1, -0.05) is 110 Å². The van der Waals surface area contributed by atoms with Gasteiger partial charge in [0.25, 0.3) is 17.7 Å². The van der Waals surface area contributed by atoms with E-state index in [4.69, 9.17) is 9.47 Å². The smallest absolute Gasteiger partial charge is 0.266 e. The molecule has 7 aromatic carbocycles. The number of nitrogens with zero attached hydrogens (tertiary/aromatic N) is 4. The van der Waals surface area contributed by atoms with Crippen molar-refractivity contribution < 1.29 is 38.9 Å². The Kier molecular flexibility index (Phi) is 11.6. The van der Waals surface area contributed by atoms with Gasteiger partial charge in [-0.25, -0.2) is 0 Å². The molecule has 2 atom stereocenters. The minimum absolute atomic E-state index is 0.00924. The van der Waals surface area contributed by atoms with Gasteiger partial charge in [0.2, 0.25) is 5.91 Å². The number of carbonyl (C=O) groups is 4. The van der Waals surface area contributed by atoms with Crippen molar-refractivity contribution in [2.45, 2.75) is 32.0 Å². The van der Waals surface area contributed by atoms with E-state index in [0.29, 0.717) is 74.7 Å². The Balaban J connectivity index is 1.02. The highest BCUT2D eigenvalue weighted by Gasteiger charge is 2.53. The number of benzene rings is 7. The van der Waals surface area contributed by atoms with Crippen molar-refractivity contribution in [1.82, 2.24) is 4.90 Å². The minimum Gasteiger partial charge on any atom is -0.454 e. The SMILES string of the molecule is C[C@H](/C=C/CC(=O)N(CCO)Cc1ccccc1)[C@@]1(O)C(=O)N(Cc2cccc(N3C(=O)c4ccccc4Oc4ccccc43)c2)c2ccc(N3C(=O)c4ccccc4Oc4ccccc43)cc21. The van der Waals surface area contributed by atoms with Crippen molar-refractivity contribution in [3.05, 3.63) is 210 Å². The van der Waals surface area contributed by atoms with Crippen LogP contribution < -0.4 is 24.2 Å². The van der Waals surface area contributed by atoms with Gasteiger partial charge in [-0.2, -0.15) is 0 Å². The van der Waals surface area contributed by atoms with Gasteiger partial charge >= 0.3 is 0 Å². The van der Waals surface area contributed by atoms with Crippen molar-refractivity contribution in [2.24, 2.45) is 5.92 Å². The van der Waals surface area contributed by atoms with Crippen molar-refractivity contribution in [3.8, 4) is 23.0 Å². The Bertz CT molecular complexity index is 3140. The molecule has 2 N–H and O–H groups in total. The average molecular weight is 903 g/mol. The Morgan fingerprint density at radius 2 is 1.18 bits per heavy atom. The molecule has 3 aliphatic rings. The molecule has 4 amide bonds. The first-order chi connectivity index (χ1) is 33.1. The molecule has 0 bridgehead atoms. The lowest BCUT2D eigenvalue weighted by Gasteiger charge is -2.29. The lowest BCUT2D eigenvalue weighted by Crippen LogP contribution is -2.44. The van der Waals surface area contributed by atoms with Crippen molar-refractivity contribution in [3.63, 3.8) is 0 Å². The molecule has 3 heterocycles. The summed E-state index contributed by atoms with van der Waals surface area (Å²) in [6, 6.07) is 50.5. The molecule has 0 spiro atoms. The van der Waals surface area contributed by atoms with Gasteiger partial charge in [-0.15, -0.1) is 0 Å². The van der Waals surface area contributed by atoms with Crippen molar-refractivity contribution >= 4 is 52.1 Å². The highest BCUT2D eigenvalue weighted by molar-refractivity contribution is 6.16. The number of fused-ring (bicyclic) bond motifs is 5. The fourth-order valence-electron chi connectivity index (χ4n) is 9.20. The number of aliphatic hydroxyl groups is 2. The summed E-state index contributed by atoms with van der Waals surface area (Å²) in [4.78, 5) is 63.8. The topological polar surface area (TPSA) is 140 Å². The summed E-state index contributed by atoms with van der Waals surface area (Å²) >= 11 is 0. The predicted molar refractivity (Wildman–Crippen MR) is 259 cm³/mol. The quantitative estimate of drug-likeness (QED) is 0.116. The summed E-state index contributed by atoms with van der Waals surface area (Å²) in [5.74, 6) is -0.596. The molecule has 12 heteroatoms. The summed E-state index contributed by atoms with van der Waals surface area (Å²) in [5.41, 5.74) is 2.78. The molecule has 12 nitrogen and oxygen atoms in total. The molecular formula is C56H46N4O8. The van der Waals surface area contributed by atoms with E-state index in [1.807, 2.05) is 91.0 Å². The zero-order chi connectivity index (χ0) is 46.9. The van der Waals surface area contributed by atoms with E-state index in [-0.39, 0.29) is 49.4 Å². The second-order valence-electron chi connectivity index (χ2n) is 16.9. The van der Waals surface area contributed by atoms with E-state index in [0.717, 1.165) is 5.56 Å². The maximum Gasteiger partial charge on any atom is 0.266 e. The molecule has 10 rings (SSSR count). The van der Waals surface area contributed by atoms with Crippen LogP contribution in [0.4, 0.5) is 28.4 Å². The third-order valence-electron chi connectivity index (χ3n) is 12.6. The largest absolute Gasteiger partial charge is 0.454 e. The molecule has 68 heavy (non-hydrogen) atoms. The minimum atomic E-state index is -2.17. The predicted octanol–water partition coefficient (Wildman–Crippen LogP) is 10.2. The number of hydrogen-bond donors (Lipinski definition) is 2. The van der Waals surface area contributed by atoms with Gasteiger partial charge in [-0.05, 0) is 90.0 Å². The summed E-state index contributed by atoms with van der Waals surface area (Å²) in [5, 5.41) is 22.8. The molecule has 0 saturated carbocycles. The third kappa shape index (κ3) is 7.85. The van der Waals surface area contributed by atoms with Gasteiger partial charge in [0.1, 0.15) is 11.5 Å². The first-order valence-corrected chi connectivity index (χ1v) is 22.4. The third-order valence-corrected chi connectivity index (χ3v) is 12.6. The van der Waals surface area contributed by atoms with Crippen LogP contribution in [-0.2, 0) is 28.3 Å². The highest BCUT2D eigenvalue weighted by Crippen LogP contribution is 2.50. The number of amides is 4. The maximum absolute atomic E-state index is 15.1. The Morgan fingerprint density at radius 1 is 0.632 bits per heavy atom. The fraction of sp³-hybridized carbons (Fsp3) is 0.143. The molecule has 0 aliphatic carbocycles. The van der Waals surface area contributed by atoms with E-state index >= 15 is 4.79 Å². The Hall–Kier alpha value is -8.32. The van der Waals surface area contributed by atoms with Crippen LogP contribution >= 0.6 is 0 Å². The zero-order valence-corrected chi connectivity index (χ0v) is 37.1. The standard InChI is InChI=1S/C56H46N4O8/c1-37(15-13-28-52(62)57(31-32-61)35-38-16-3-2-4-17-38)56(66)44-34-41(60-47-23-8-12-27-51(47)68-49-25-10-6-21-43(49)54(60)64)29-30-45(44)58(55(56)65)36-39-18-14-19-40(33-39)59-46-22-7-11-26-50(46)67-48-24-9-5-20-42(48)53(59)63/h2-27,29-30,33-34,37,61,66H,28,31-32,35-36H2,1H3/b15-13+/t37-,56+/m1/s1. The van der Waals surface area contributed by atoms with Gasteiger partial charge < -0.3 is 29.5 Å². The number of aliphatic hydroxyl groups excluding tert-OH is 1. The maximum atomic E-state index is 15.1. The number of rotatable bonds is 12. The summed E-state index contributed by atoms with van der Waals surface area (Å²) in [6.07, 6.45) is 3.26. The van der Waals surface area contributed by atoms with Crippen LogP contribution in [0.25, 0.3) is 0 Å². The Morgan fingerprint density at radius 3 is 1.79 bits per heavy atom. The van der Waals surface area contributed by atoms with Gasteiger partial charge in [-0.3, -0.25) is 29.0 Å². The fourth-order valence-corrected chi connectivity index (χ4v) is 9.20. The first-order valence-electron chi connectivity index (χ1n) is 22.4. The van der Waals surface area contributed by atoms with Gasteiger partial charge in [0, 0.05) is 42.4 Å². The molecule has 3 aliphatic heterocycles. The summed E-state index contributed by atoms with van der Waals surface area (Å²) in [6.45, 7) is 1.96. The second kappa shape index (κ2) is 18.2. The highest BCUT2D eigenvalue weighted by atomic mass is 16.5. The van der Waals surface area contributed by atoms with Crippen LogP contribution in [0.15, 0.2) is 182 Å².